The van der Waals surface area contributed by atoms with Gasteiger partial charge in [-0.3, -0.25) is 4.79 Å². The van der Waals surface area contributed by atoms with E-state index in [1.165, 1.54) is 18.0 Å². The molecule has 0 fully saturated rings. The molecule has 0 spiro atoms. The molecule has 10 nitrogen and oxygen atoms in total. The Bertz CT molecular complexity index is 1230. The maximum absolute atomic E-state index is 12.5. The molecule has 0 radical (unpaired) electrons. The van der Waals surface area contributed by atoms with Crippen molar-refractivity contribution in [3.63, 3.8) is 0 Å². The Morgan fingerprint density at radius 1 is 1.26 bits per heavy atom. The molecule has 0 saturated heterocycles. The van der Waals surface area contributed by atoms with E-state index < -0.39 is 18.0 Å². The molecule has 0 unspecified atom stereocenters. The first-order valence-electron chi connectivity index (χ1n) is 9.62. The van der Waals surface area contributed by atoms with Crippen LogP contribution in [0.4, 0.5) is 4.79 Å². The lowest BCUT2D eigenvalue weighted by Crippen LogP contribution is -2.49. The van der Waals surface area contributed by atoms with Crippen molar-refractivity contribution < 1.29 is 14.3 Å². The topological polar surface area (TPSA) is 131 Å². The number of para-hydroxylation sites is 1. The second kappa shape index (κ2) is 8.64. The number of benzene rings is 1. The second-order valence-corrected chi connectivity index (χ2v) is 7.69. The Hall–Kier alpha value is -3.60. The van der Waals surface area contributed by atoms with Crippen LogP contribution in [-0.4, -0.2) is 50.2 Å². The van der Waals surface area contributed by atoms with Crippen molar-refractivity contribution in [2.45, 2.75) is 25.0 Å². The van der Waals surface area contributed by atoms with Crippen LogP contribution in [0, 0.1) is 0 Å². The Kier molecular flexibility index (Phi) is 5.76. The third-order valence-electron chi connectivity index (χ3n) is 4.64. The first-order valence-corrected chi connectivity index (χ1v) is 10.6. The summed E-state index contributed by atoms with van der Waals surface area (Å²) in [5.41, 5.74) is 1.63. The standard InChI is InChI=1S/C20H20N6O4S/c1-3-30-18(28)15-11(2)22-19(29)23-14(15)10-31-20-24-16-13(17(27)25-20)9-21-26(16)12-7-5-4-6-8-12/h4-9,11H,3,10H2,1-2H3,(H2,22,23,29)(H,24,25,27)/t11-/m0/s1. The summed E-state index contributed by atoms with van der Waals surface area (Å²) in [6, 6.07) is 8.45. The molecular formula is C20H20N6O4S. The van der Waals surface area contributed by atoms with E-state index in [0.29, 0.717) is 27.5 Å². The Labute approximate surface area is 181 Å². The first-order chi connectivity index (χ1) is 15.0. The van der Waals surface area contributed by atoms with E-state index in [0.717, 1.165) is 5.69 Å². The van der Waals surface area contributed by atoms with E-state index in [-0.39, 0.29) is 17.9 Å². The molecule has 0 bridgehead atoms. The molecule has 11 heteroatoms. The summed E-state index contributed by atoms with van der Waals surface area (Å²) in [5.74, 6) is -0.294. The molecule has 160 valence electrons. The van der Waals surface area contributed by atoms with Crippen molar-refractivity contribution in [3.8, 4) is 5.69 Å². The second-order valence-electron chi connectivity index (χ2n) is 6.72. The average molecular weight is 440 g/mol. The summed E-state index contributed by atoms with van der Waals surface area (Å²) in [6.45, 7) is 3.64. The SMILES string of the molecule is CCOC(=O)C1=C(CSc2nc3c(cnn3-c3ccccc3)c(=O)[nH]2)NC(=O)N[C@H]1C. The highest BCUT2D eigenvalue weighted by Gasteiger charge is 2.29. The lowest BCUT2D eigenvalue weighted by Gasteiger charge is -2.26. The summed E-state index contributed by atoms with van der Waals surface area (Å²) in [7, 11) is 0. The van der Waals surface area contributed by atoms with Gasteiger partial charge in [0.25, 0.3) is 5.56 Å². The van der Waals surface area contributed by atoms with Crippen LogP contribution in [-0.2, 0) is 9.53 Å². The maximum atomic E-state index is 12.5. The number of urea groups is 1. The number of H-pyrrole nitrogens is 1. The molecule has 0 aliphatic carbocycles. The van der Waals surface area contributed by atoms with Crippen molar-refractivity contribution >= 4 is 34.8 Å². The van der Waals surface area contributed by atoms with Gasteiger partial charge in [-0.25, -0.2) is 19.3 Å². The van der Waals surface area contributed by atoms with Crippen LogP contribution in [0.15, 0.2) is 57.7 Å². The van der Waals surface area contributed by atoms with Gasteiger partial charge in [-0.1, -0.05) is 30.0 Å². The molecule has 3 heterocycles. The number of aromatic amines is 1. The monoisotopic (exact) mass is 440 g/mol. The quantitative estimate of drug-likeness (QED) is 0.302. The van der Waals surface area contributed by atoms with Crippen molar-refractivity contribution in [1.29, 1.82) is 0 Å². The Morgan fingerprint density at radius 3 is 2.77 bits per heavy atom. The molecule has 2 aromatic heterocycles. The molecule has 1 aliphatic rings. The van der Waals surface area contributed by atoms with Crippen LogP contribution in [0.25, 0.3) is 16.7 Å². The molecular weight excluding hydrogens is 420 g/mol. The summed E-state index contributed by atoms with van der Waals surface area (Å²) in [4.78, 5) is 44.1. The number of thioether (sulfide) groups is 1. The minimum absolute atomic E-state index is 0.208. The molecule has 4 rings (SSSR count). The van der Waals surface area contributed by atoms with Gasteiger partial charge in [0, 0.05) is 11.4 Å². The van der Waals surface area contributed by atoms with E-state index in [2.05, 4.69) is 25.7 Å². The highest BCUT2D eigenvalue weighted by atomic mass is 32.2. The summed E-state index contributed by atoms with van der Waals surface area (Å²) >= 11 is 1.19. The Balaban J connectivity index is 1.66. The lowest BCUT2D eigenvalue weighted by atomic mass is 10.1. The molecule has 3 N–H and O–H groups in total. The van der Waals surface area contributed by atoms with Crippen LogP contribution in [0.2, 0.25) is 0 Å². The lowest BCUT2D eigenvalue weighted by molar-refractivity contribution is -0.138. The van der Waals surface area contributed by atoms with Gasteiger partial charge in [0.1, 0.15) is 5.39 Å². The number of nitrogens with one attached hydrogen (secondary N) is 3. The fraction of sp³-hybridized carbons (Fsp3) is 0.250. The highest BCUT2D eigenvalue weighted by molar-refractivity contribution is 7.99. The number of rotatable bonds is 6. The maximum Gasteiger partial charge on any atom is 0.337 e. The zero-order chi connectivity index (χ0) is 22.0. The minimum Gasteiger partial charge on any atom is -0.463 e. The summed E-state index contributed by atoms with van der Waals surface area (Å²) < 4.78 is 6.71. The van der Waals surface area contributed by atoms with Crippen LogP contribution in [0.3, 0.4) is 0 Å². The zero-order valence-corrected chi connectivity index (χ0v) is 17.7. The number of esters is 1. The third kappa shape index (κ3) is 4.17. The van der Waals surface area contributed by atoms with Gasteiger partial charge in [-0.2, -0.15) is 5.10 Å². The number of hydrogen-bond acceptors (Lipinski definition) is 7. The van der Waals surface area contributed by atoms with Gasteiger partial charge >= 0.3 is 12.0 Å². The van der Waals surface area contributed by atoms with E-state index >= 15 is 0 Å². The van der Waals surface area contributed by atoms with Crippen LogP contribution < -0.4 is 16.2 Å². The third-order valence-corrected chi connectivity index (χ3v) is 5.54. The molecule has 1 atom stereocenters. The normalized spacial score (nSPS) is 16.2. The number of carbonyl (C=O) groups is 2. The smallest absolute Gasteiger partial charge is 0.337 e. The van der Waals surface area contributed by atoms with Gasteiger partial charge < -0.3 is 20.4 Å². The predicted octanol–water partition coefficient (Wildman–Crippen LogP) is 1.72. The van der Waals surface area contributed by atoms with Gasteiger partial charge in [0.2, 0.25) is 0 Å². The molecule has 31 heavy (non-hydrogen) atoms. The number of carbonyl (C=O) groups excluding carboxylic acids is 2. The summed E-state index contributed by atoms with van der Waals surface area (Å²) in [6.07, 6.45) is 1.47. The molecule has 3 aromatic rings. The van der Waals surface area contributed by atoms with Gasteiger partial charge in [-0.05, 0) is 26.0 Å². The number of ether oxygens (including phenoxy) is 1. The molecule has 1 aromatic carbocycles. The van der Waals surface area contributed by atoms with Crippen molar-refractivity contribution in [3.05, 3.63) is 58.2 Å². The first kappa shape index (κ1) is 20.7. The fourth-order valence-corrected chi connectivity index (χ4v) is 4.08. The van der Waals surface area contributed by atoms with E-state index in [1.807, 2.05) is 30.3 Å². The van der Waals surface area contributed by atoms with Crippen molar-refractivity contribution in [1.82, 2.24) is 30.4 Å². The number of aromatic nitrogens is 4. The molecule has 2 amide bonds. The zero-order valence-electron chi connectivity index (χ0n) is 16.8. The molecule has 0 saturated carbocycles. The van der Waals surface area contributed by atoms with Crippen LogP contribution in [0.1, 0.15) is 13.8 Å². The predicted molar refractivity (Wildman–Crippen MR) is 115 cm³/mol. The van der Waals surface area contributed by atoms with Crippen LogP contribution in [0.5, 0.6) is 0 Å². The van der Waals surface area contributed by atoms with Gasteiger partial charge in [0.05, 0.1) is 30.1 Å². The van der Waals surface area contributed by atoms with Crippen LogP contribution >= 0.6 is 11.8 Å². The van der Waals surface area contributed by atoms with Crippen molar-refractivity contribution in [2.24, 2.45) is 0 Å². The van der Waals surface area contributed by atoms with E-state index in [4.69, 9.17) is 4.74 Å². The number of hydrogen-bond donors (Lipinski definition) is 3. The fourth-order valence-electron chi connectivity index (χ4n) is 3.26. The van der Waals surface area contributed by atoms with E-state index in [9.17, 15) is 14.4 Å². The summed E-state index contributed by atoms with van der Waals surface area (Å²) in [5, 5.41) is 10.3. The van der Waals surface area contributed by atoms with Gasteiger partial charge in [0.15, 0.2) is 10.8 Å². The minimum atomic E-state index is -0.503. The largest absolute Gasteiger partial charge is 0.463 e. The van der Waals surface area contributed by atoms with E-state index in [1.54, 1.807) is 18.5 Å². The number of fused-ring (bicyclic) bond motifs is 1. The number of nitrogens with zero attached hydrogens (tertiary/aromatic N) is 3. The Morgan fingerprint density at radius 2 is 2.03 bits per heavy atom. The molecule has 1 aliphatic heterocycles. The highest BCUT2D eigenvalue weighted by Crippen LogP contribution is 2.23. The van der Waals surface area contributed by atoms with Gasteiger partial charge in [-0.15, -0.1) is 0 Å². The van der Waals surface area contributed by atoms with Crippen molar-refractivity contribution in [2.75, 3.05) is 12.4 Å². The average Bonchev–Trinajstić information content (AvgIpc) is 3.17. The number of amides is 2.